The predicted octanol–water partition coefficient (Wildman–Crippen LogP) is 2.32. The van der Waals surface area contributed by atoms with Gasteiger partial charge in [-0.3, -0.25) is 15.0 Å². The van der Waals surface area contributed by atoms with Crippen LogP contribution in [0.1, 0.15) is 38.3 Å². The van der Waals surface area contributed by atoms with Crippen LogP contribution in [-0.4, -0.2) is 36.1 Å². The highest BCUT2D eigenvalue weighted by Gasteiger charge is 2.35. The molecule has 0 spiro atoms. The average molecular weight is 290 g/mol. The Labute approximate surface area is 127 Å². The van der Waals surface area contributed by atoms with Gasteiger partial charge in [0.15, 0.2) is 0 Å². The maximum atomic E-state index is 12.1. The highest BCUT2D eigenvalue weighted by atomic mass is 16.5. The van der Waals surface area contributed by atoms with Gasteiger partial charge < -0.3 is 4.74 Å². The number of methoxy groups -OCH3 is 1. The second-order valence-electron chi connectivity index (χ2n) is 6.35. The van der Waals surface area contributed by atoms with Gasteiger partial charge in [-0.15, -0.1) is 0 Å². The minimum atomic E-state index is -0.627. The molecule has 0 aliphatic carbocycles. The number of benzene rings is 1. The molecule has 1 aromatic rings. The molecule has 0 fully saturated rings. The molecule has 0 bridgehead atoms. The number of esters is 1. The summed E-state index contributed by atoms with van der Waals surface area (Å²) in [6.45, 7) is 8.84. The lowest BCUT2D eigenvalue weighted by Crippen LogP contribution is -2.54. The quantitative estimate of drug-likeness (QED) is 0.817. The van der Waals surface area contributed by atoms with Crippen molar-refractivity contribution in [1.82, 2.24) is 10.2 Å². The second kappa shape index (κ2) is 6.58. The first-order valence-corrected chi connectivity index (χ1v) is 7.60. The van der Waals surface area contributed by atoms with E-state index in [4.69, 9.17) is 4.74 Å². The SMILES string of the molecule is COC(=O)C(C)(CCN1Cc2ccccc2C1)NC(C)C. The van der Waals surface area contributed by atoms with Crippen molar-refractivity contribution in [3.8, 4) is 0 Å². The van der Waals surface area contributed by atoms with Crippen LogP contribution in [0.15, 0.2) is 24.3 Å². The normalized spacial score (nSPS) is 17.6. The van der Waals surface area contributed by atoms with Gasteiger partial charge in [0.2, 0.25) is 0 Å². The number of hydrogen-bond acceptors (Lipinski definition) is 4. The van der Waals surface area contributed by atoms with Gasteiger partial charge in [-0.25, -0.2) is 0 Å². The molecule has 1 aliphatic heterocycles. The molecule has 1 aliphatic rings. The molecular formula is C17H26N2O2. The van der Waals surface area contributed by atoms with Crippen molar-refractivity contribution in [2.45, 2.75) is 51.9 Å². The maximum absolute atomic E-state index is 12.1. The van der Waals surface area contributed by atoms with Crippen LogP contribution in [0.4, 0.5) is 0 Å². The molecule has 21 heavy (non-hydrogen) atoms. The Morgan fingerprint density at radius 2 is 1.90 bits per heavy atom. The van der Waals surface area contributed by atoms with Gasteiger partial charge in [0.1, 0.15) is 5.54 Å². The summed E-state index contributed by atoms with van der Waals surface area (Å²) in [5.41, 5.74) is 2.17. The lowest BCUT2D eigenvalue weighted by Gasteiger charge is -2.31. The van der Waals surface area contributed by atoms with Crippen LogP contribution >= 0.6 is 0 Å². The van der Waals surface area contributed by atoms with Crippen molar-refractivity contribution >= 4 is 5.97 Å². The predicted molar refractivity (Wildman–Crippen MR) is 83.9 cm³/mol. The second-order valence-corrected chi connectivity index (χ2v) is 6.35. The van der Waals surface area contributed by atoms with Gasteiger partial charge in [-0.2, -0.15) is 0 Å². The van der Waals surface area contributed by atoms with E-state index >= 15 is 0 Å². The fourth-order valence-electron chi connectivity index (χ4n) is 3.04. The lowest BCUT2D eigenvalue weighted by atomic mass is 9.96. The van der Waals surface area contributed by atoms with Gasteiger partial charge in [0.05, 0.1) is 7.11 Å². The summed E-state index contributed by atoms with van der Waals surface area (Å²) in [5, 5.41) is 3.35. The zero-order valence-corrected chi connectivity index (χ0v) is 13.5. The molecule has 1 unspecified atom stereocenters. The molecule has 4 nitrogen and oxygen atoms in total. The minimum absolute atomic E-state index is 0.187. The minimum Gasteiger partial charge on any atom is -0.468 e. The van der Waals surface area contributed by atoms with Gasteiger partial charge in [0, 0.05) is 25.7 Å². The number of nitrogens with one attached hydrogen (secondary N) is 1. The van der Waals surface area contributed by atoms with Crippen LogP contribution < -0.4 is 5.32 Å². The fraction of sp³-hybridized carbons (Fsp3) is 0.588. The summed E-state index contributed by atoms with van der Waals surface area (Å²) in [4.78, 5) is 14.5. The summed E-state index contributed by atoms with van der Waals surface area (Å²) in [6, 6.07) is 8.77. The molecular weight excluding hydrogens is 264 g/mol. The third kappa shape index (κ3) is 3.83. The van der Waals surface area contributed by atoms with E-state index in [1.165, 1.54) is 18.2 Å². The molecule has 1 atom stereocenters. The van der Waals surface area contributed by atoms with Gasteiger partial charge in [0.25, 0.3) is 0 Å². The first-order valence-electron chi connectivity index (χ1n) is 7.60. The molecule has 0 radical (unpaired) electrons. The molecule has 0 saturated heterocycles. The summed E-state index contributed by atoms with van der Waals surface area (Å²) in [6.07, 6.45) is 0.742. The molecule has 1 N–H and O–H groups in total. The number of hydrogen-bond donors (Lipinski definition) is 1. The molecule has 1 heterocycles. The topological polar surface area (TPSA) is 41.6 Å². The smallest absolute Gasteiger partial charge is 0.325 e. The first kappa shape index (κ1) is 16.0. The molecule has 2 rings (SSSR count). The highest BCUT2D eigenvalue weighted by molar-refractivity contribution is 5.80. The number of carbonyl (C=O) groups is 1. The van der Waals surface area contributed by atoms with E-state index in [2.05, 4.69) is 34.5 Å². The third-order valence-electron chi connectivity index (χ3n) is 4.08. The largest absolute Gasteiger partial charge is 0.468 e. The molecule has 116 valence electrons. The van der Waals surface area contributed by atoms with Crippen LogP contribution in [0, 0.1) is 0 Å². The summed E-state index contributed by atoms with van der Waals surface area (Å²) in [5.74, 6) is -0.187. The Morgan fingerprint density at radius 3 is 2.38 bits per heavy atom. The lowest BCUT2D eigenvalue weighted by molar-refractivity contribution is -0.148. The van der Waals surface area contributed by atoms with Crippen LogP contribution in [0.2, 0.25) is 0 Å². The van der Waals surface area contributed by atoms with Gasteiger partial charge >= 0.3 is 5.97 Å². The molecule has 4 heteroatoms. The number of rotatable bonds is 6. The number of carbonyl (C=O) groups excluding carboxylic acids is 1. The Balaban J connectivity index is 1.96. The Morgan fingerprint density at radius 1 is 1.33 bits per heavy atom. The standard InChI is InChI=1S/C17H26N2O2/c1-13(2)18-17(3,16(20)21-4)9-10-19-11-14-7-5-6-8-15(14)12-19/h5-8,13,18H,9-12H2,1-4H3. The molecule has 0 aromatic heterocycles. The van der Waals surface area contributed by atoms with Crippen molar-refractivity contribution in [1.29, 1.82) is 0 Å². The van der Waals surface area contributed by atoms with Crippen molar-refractivity contribution in [2.24, 2.45) is 0 Å². The molecule has 0 saturated carbocycles. The third-order valence-corrected chi connectivity index (χ3v) is 4.08. The summed E-state index contributed by atoms with van der Waals surface area (Å²) < 4.78 is 4.97. The monoisotopic (exact) mass is 290 g/mol. The number of nitrogens with zero attached hydrogens (tertiary/aromatic N) is 1. The van der Waals surface area contributed by atoms with Crippen LogP contribution in [0.3, 0.4) is 0 Å². The van der Waals surface area contributed by atoms with Crippen molar-refractivity contribution < 1.29 is 9.53 Å². The van der Waals surface area contributed by atoms with Crippen molar-refractivity contribution in [2.75, 3.05) is 13.7 Å². The average Bonchev–Trinajstić information content (AvgIpc) is 2.86. The Hall–Kier alpha value is -1.39. The fourth-order valence-corrected chi connectivity index (χ4v) is 3.04. The van der Waals surface area contributed by atoms with E-state index in [9.17, 15) is 4.79 Å². The van der Waals surface area contributed by atoms with Crippen molar-refractivity contribution in [3.63, 3.8) is 0 Å². The zero-order chi connectivity index (χ0) is 15.5. The van der Waals surface area contributed by atoms with Crippen LogP contribution in [-0.2, 0) is 22.6 Å². The highest BCUT2D eigenvalue weighted by Crippen LogP contribution is 2.24. The Kier molecular flexibility index (Phi) is 5.01. The molecule has 0 amide bonds. The number of ether oxygens (including phenoxy) is 1. The van der Waals surface area contributed by atoms with E-state index < -0.39 is 5.54 Å². The summed E-state index contributed by atoms with van der Waals surface area (Å²) >= 11 is 0. The van der Waals surface area contributed by atoms with Gasteiger partial charge in [-0.1, -0.05) is 24.3 Å². The van der Waals surface area contributed by atoms with Gasteiger partial charge in [-0.05, 0) is 38.3 Å². The Bertz CT molecular complexity index is 476. The van der Waals surface area contributed by atoms with E-state index in [0.717, 1.165) is 26.1 Å². The van der Waals surface area contributed by atoms with E-state index in [0.29, 0.717) is 0 Å². The summed E-state index contributed by atoms with van der Waals surface area (Å²) in [7, 11) is 1.45. The van der Waals surface area contributed by atoms with Crippen LogP contribution in [0.25, 0.3) is 0 Å². The van der Waals surface area contributed by atoms with E-state index in [-0.39, 0.29) is 12.0 Å². The first-order chi connectivity index (χ1) is 9.94. The molecule has 1 aromatic carbocycles. The van der Waals surface area contributed by atoms with Crippen molar-refractivity contribution in [3.05, 3.63) is 35.4 Å². The van der Waals surface area contributed by atoms with Crippen LogP contribution in [0.5, 0.6) is 0 Å². The van der Waals surface area contributed by atoms with E-state index in [1.54, 1.807) is 0 Å². The zero-order valence-electron chi connectivity index (χ0n) is 13.5. The van der Waals surface area contributed by atoms with E-state index in [1.807, 2.05) is 20.8 Å². The number of fused-ring (bicyclic) bond motifs is 1. The maximum Gasteiger partial charge on any atom is 0.325 e.